The summed E-state index contributed by atoms with van der Waals surface area (Å²) in [5.74, 6) is 1.17. The molecule has 114 valence electrons. The van der Waals surface area contributed by atoms with Crippen LogP contribution in [0.25, 0.3) is 0 Å². The van der Waals surface area contributed by atoms with E-state index in [1.54, 1.807) is 6.20 Å². The van der Waals surface area contributed by atoms with Crippen molar-refractivity contribution in [3.63, 3.8) is 0 Å². The van der Waals surface area contributed by atoms with Crippen LogP contribution >= 0.6 is 11.8 Å². The molecule has 20 heavy (non-hydrogen) atoms. The first-order valence-corrected chi connectivity index (χ1v) is 9.16. The van der Waals surface area contributed by atoms with Gasteiger partial charge in [-0.25, -0.2) is 4.98 Å². The van der Waals surface area contributed by atoms with Gasteiger partial charge in [-0.3, -0.25) is 0 Å². The van der Waals surface area contributed by atoms with Crippen LogP contribution in [0.15, 0.2) is 23.4 Å². The molecular weight excluding hydrogens is 264 g/mol. The van der Waals surface area contributed by atoms with E-state index in [0.29, 0.717) is 0 Å². The Morgan fingerprint density at radius 2 is 1.50 bits per heavy atom. The van der Waals surface area contributed by atoms with E-state index in [2.05, 4.69) is 11.9 Å². The highest BCUT2D eigenvalue weighted by Gasteiger charge is 1.96. The normalized spacial score (nSPS) is 10.8. The summed E-state index contributed by atoms with van der Waals surface area (Å²) in [6.45, 7) is 2.28. The maximum atomic E-state index is 5.62. The van der Waals surface area contributed by atoms with Crippen LogP contribution in [0.4, 0.5) is 5.69 Å². The molecule has 0 unspecified atom stereocenters. The molecule has 0 bridgehead atoms. The van der Waals surface area contributed by atoms with E-state index in [9.17, 15) is 0 Å². The molecule has 0 aliphatic heterocycles. The number of hydrogen-bond donors (Lipinski definition) is 1. The molecule has 1 aromatic heterocycles. The van der Waals surface area contributed by atoms with Crippen molar-refractivity contribution in [3.8, 4) is 0 Å². The maximum Gasteiger partial charge on any atom is 0.0961 e. The van der Waals surface area contributed by atoms with Crippen molar-refractivity contribution in [2.45, 2.75) is 76.2 Å². The topological polar surface area (TPSA) is 38.9 Å². The fraction of sp³-hybridized carbons (Fsp3) is 0.706. The van der Waals surface area contributed by atoms with E-state index in [1.807, 2.05) is 23.9 Å². The molecule has 0 aliphatic carbocycles. The van der Waals surface area contributed by atoms with Crippen LogP contribution in [0, 0.1) is 0 Å². The van der Waals surface area contributed by atoms with Gasteiger partial charge in [0.05, 0.1) is 16.9 Å². The Labute approximate surface area is 128 Å². The zero-order chi connectivity index (χ0) is 14.5. The third-order valence-corrected chi connectivity index (χ3v) is 4.54. The average Bonchev–Trinajstić information content (AvgIpc) is 2.47. The van der Waals surface area contributed by atoms with Crippen LogP contribution in [0.3, 0.4) is 0 Å². The van der Waals surface area contributed by atoms with Gasteiger partial charge in [-0.15, -0.1) is 11.8 Å². The van der Waals surface area contributed by atoms with E-state index in [0.717, 1.165) is 10.7 Å². The van der Waals surface area contributed by atoms with Gasteiger partial charge in [-0.05, 0) is 24.3 Å². The third-order valence-electron chi connectivity index (χ3n) is 3.51. The van der Waals surface area contributed by atoms with Crippen LogP contribution in [-0.2, 0) is 0 Å². The van der Waals surface area contributed by atoms with E-state index in [1.165, 1.54) is 70.0 Å². The lowest BCUT2D eigenvalue weighted by Gasteiger charge is -2.03. The maximum absolute atomic E-state index is 5.62. The fourth-order valence-electron chi connectivity index (χ4n) is 2.24. The lowest BCUT2D eigenvalue weighted by molar-refractivity contribution is 0.563. The van der Waals surface area contributed by atoms with Crippen molar-refractivity contribution in [1.29, 1.82) is 0 Å². The number of nitrogens with two attached hydrogens (primary N) is 1. The predicted molar refractivity (Wildman–Crippen MR) is 91.2 cm³/mol. The first kappa shape index (κ1) is 17.4. The standard InChI is InChI=1S/C17H30N2S/c1-2-3-4-5-6-7-8-9-10-11-14-20-17-13-12-16(18)15-19-17/h12-13,15H,2-11,14,18H2,1H3. The van der Waals surface area contributed by atoms with Gasteiger partial charge in [0, 0.05) is 0 Å². The minimum Gasteiger partial charge on any atom is -0.397 e. The van der Waals surface area contributed by atoms with Gasteiger partial charge in [-0.1, -0.05) is 64.7 Å². The molecule has 0 atom stereocenters. The van der Waals surface area contributed by atoms with E-state index < -0.39 is 0 Å². The minimum absolute atomic E-state index is 0.744. The second-order valence-electron chi connectivity index (χ2n) is 5.46. The number of aromatic nitrogens is 1. The quantitative estimate of drug-likeness (QED) is 0.398. The number of hydrogen-bond acceptors (Lipinski definition) is 3. The molecule has 2 N–H and O–H groups in total. The summed E-state index contributed by atoms with van der Waals surface area (Å²) in [6, 6.07) is 3.93. The Balaban J connectivity index is 1.84. The van der Waals surface area contributed by atoms with Gasteiger partial charge >= 0.3 is 0 Å². The molecule has 1 aromatic rings. The Bertz CT molecular complexity index is 324. The van der Waals surface area contributed by atoms with Crippen molar-refractivity contribution >= 4 is 17.4 Å². The zero-order valence-corrected chi connectivity index (χ0v) is 13.8. The molecule has 0 aromatic carbocycles. The Kier molecular flexibility index (Phi) is 10.5. The molecule has 0 saturated carbocycles. The summed E-state index contributed by atoms with van der Waals surface area (Å²) in [4.78, 5) is 4.30. The van der Waals surface area contributed by atoms with Crippen LogP contribution < -0.4 is 5.73 Å². The van der Waals surface area contributed by atoms with Crippen molar-refractivity contribution < 1.29 is 0 Å². The zero-order valence-electron chi connectivity index (χ0n) is 12.9. The predicted octanol–water partition coefficient (Wildman–Crippen LogP) is 5.68. The lowest BCUT2D eigenvalue weighted by atomic mass is 10.1. The summed E-state index contributed by atoms with van der Waals surface area (Å²) in [5.41, 5.74) is 6.36. The molecule has 1 rings (SSSR count). The first-order valence-electron chi connectivity index (χ1n) is 8.17. The third kappa shape index (κ3) is 9.24. The minimum atomic E-state index is 0.744. The van der Waals surface area contributed by atoms with Gasteiger partial charge in [0.15, 0.2) is 0 Å². The van der Waals surface area contributed by atoms with Crippen LogP contribution in [-0.4, -0.2) is 10.7 Å². The summed E-state index contributed by atoms with van der Waals surface area (Å²) in [7, 11) is 0. The van der Waals surface area contributed by atoms with Gasteiger partial charge < -0.3 is 5.73 Å². The Hall–Kier alpha value is -0.700. The summed E-state index contributed by atoms with van der Waals surface area (Å²) >= 11 is 1.84. The molecule has 0 spiro atoms. The van der Waals surface area contributed by atoms with Crippen molar-refractivity contribution in [1.82, 2.24) is 4.98 Å². The van der Waals surface area contributed by atoms with Crippen molar-refractivity contribution in [3.05, 3.63) is 18.3 Å². The van der Waals surface area contributed by atoms with Crippen LogP contribution in [0.2, 0.25) is 0 Å². The first-order chi connectivity index (χ1) is 9.83. The molecule has 3 heteroatoms. The molecule has 0 aliphatic rings. The number of unbranched alkanes of at least 4 members (excludes halogenated alkanes) is 9. The monoisotopic (exact) mass is 294 g/mol. The molecule has 0 saturated heterocycles. The van der Waals surface area contributed by atoms with Crippen molar-refractivity contribution in [2.24, 2.45) is 0 Å². The fourth-order valence-corrected chi connectivity index (χ4v) is 3.09. The van der Waals surface area contributed by atoms with E-state index in [4.69, 9.17) is 5.73 Å². The number of thioether (sulfide) groups is 1. The van der Waals surface area contributed by atoms with Crippen molar-refractivity contribution in [2.75, 3.05) is 11.5 Å². The molecule has 0 radical (unpaired) electrons. The number of rotatable bonds is 12. The second-order valence-corrected chi connectivity index (χ2v) is 6.58. The molecule has 1 heterocycles. The molecule has 0 fully saturated rings. The highest BCUT2D eigenvalue weighted by atomic mass is 32.2. The SMILES string of the molecule is CCCCCCCCCCCCSc1ccc(N)cn1. The smallest absolute Gasteiger partial charge is 0.0961 e. The van der Waals surface area contributed by atoms with E-state index >= 15 is 0 Å². The van der Waals surface area contributed by atoms with Gasteiger partial charge in [0.2, 0.25) is 0 Å². The van der Waals surface area contributed by atoms with Crippen LogP contribution in [0.1, 0.15) is 71.1 Å². The van der Waals surface area contributed by atoms with Gasteiger partial charge in [0.25, 0.3) is 0 Å². The second kappa shape index (κ2) is 12.1. The number of nitrogen functional groups attached to an aromatic ring is 1. The largest absolute Gasteiger partial charge is 0.397 e. The molecule has 0 amide bonds. The summed E-state index contributed by atoms with van der Waals surface area (Å²) in [5, 5.41) is 1.09. The summed E-state index contributed by atoms with van der Waals surface area (Å²) < 4.78 is 0. The van der Waals surface area contributed by atoms with E-state index in [-0.39, 0.29) is 0 Å². The lowest BCUT2D eigenvalue weighted by Crippen LogP contribution is -1.88. The summed E-state index contributed by atoms with van der Waals surface area (Å²) in [6.07, 6.45) is 15.7. The Morgan fingerprint density at radius 1 is 0.900 bits per heavy atom. The average molecular weight is 295 g/mol. The molecular formula is C17H30N2S. The molecule has 2 nitrogen and oxygen atoms in total. The highest BCUT2D eigenvalue weighted by Crippen LogP contribution is 2.18. The number of nitrogens with zero attached hydrogens (tertiary/aromatic N) is 1. The van der Waals surface area contributed by atoms with Crippen LogP contribution in [0.5, 0.6) is 0 Å². The van der Waals surface area contributed by atoms with Gasteiger partial charge in [-0.2, -0.15) is 0 Å². The highest BCUT2D eigenvalue weighted by molar-refractivity contribution is 7.99. The Morgan fingerprint density at radius 3 is 2.05 bits per heavy atom. The number of anilines is 1. The number of pyridine rings is 1. The van der Waals surface area contributed by atoms with Gasteiger partial charge in [0.1, 0.15) is 0 Å².